The van der Waals surface area contributed by atoms with E-state index >= 15 is 8.78 Å². The molecule has 2 aliphatic rings. The Morgan fingerprint density at radius 1 is 0.806 bits per heavy atom. The van der Waals surface area contributed by atoms with Crippen LogP contribution >= 0.6 is 0 Å². The van der Waals surface area contributed by atoms with Crippen molar-refractivity contribution in [1.29, 1.82) is 0 Å². The summed E-state index contributed by atoms with van der Waals surface area (Å²) in [5.74, 6) is 0.0933. The fourth-order valence-electron chi connectivity index (χ4n) is 4.78. The second-order valence-electron chi connectivity index (χ2n) is 9.56. The van der Waals surface area contributed by atoms with Gasteiger partial charge in [-0.3, -0.25) is 0 Å². The van der Waals surface area contributed by atoms with E-state index in [0.717, 1.165) is 61.3 Å². The third-order valence-corrected chi connectivity index (χ3v) is 6.81. The monoisotopic (exact) mass is 490 g/mol. The van der Waals surface area contributed by atoms with Gasteiger partial charge in [-0.2, -0.15) is 0 Å². The van der Waals surface area contributed by atoms with E-state index in [1.54, 1.807) is 24.3 Å². The number of nitrogens with one attached hydrogen (secondary N) is 2. The Morgan fingerprint density at radius 2 is 1.31 bits per heavy atom. The second kappa shape index (κ2) is 10.8. The van der Waals surface area contributed by atoms with Gasteiger partial charge in [0.25, 0.3) is 0 Å². The van der Waals surface area contributed by atoms with E-state index in [1.807, 2.05) is 35.7 Å². The molecule has 5 rings (SSSR count). The van der Waals surface area contributed by atoms with Crippen LogP contribution in [0.5, 0.6) is 0 Å². The van der Waals surface area contributed by atoms with Crippen LogP contribution in [0, 0.1) is 11.6 Å². The van der Waals surface area contributed by atoms with Gasteiger partial charge in [-0.05, 0) is 86.6 Å². The maximum Gasteiger partial charge on any atom is 0.167 e. The van der Waals surface area contributed by atoms with Crippen LogP contribution < -0.4 is 10.6 Å². The zero-order chi connectivity index (χ0) is 25.1. The van der Waals surface area contributed by atoms with Gasteiger partial charge in [-0.15, -0.1) is 10.2 Å². The molecule has 8 heteroatoms. The van der Waals surface area contributed by atoms with Gasteiger partial charge >= 0.3 is 0 Å². The summed E-state index contributed by atoms with van der Waals surface area (Å²) in [5, 5.41) is 15.2. The standard InChI is InChI=1S/C28H32F2N6/c1-35(2)15-16-36-27(23-5-3-21(17-25(23)29)19-7-11-31-12-8-19)33-34-28(36)24-6-4-22(18-26(24)30)20-9-13-32-14-10-20/h3-7,9,17-18,31-32H,8,10-16H2,1-2H3. The Balaban J connectivity index is 1.52. The van der Waals surface area contributed by atoms with E-state index in [-0.39, 0.29) is 11.6 Å². The molecule has 36 heavy (non-hydrogen) atoms. The van der Waals surface area contributed by atoms with Crippen LogP contribution in [0.3, 0.4) is 0 Å². The molecule has 0 spiro atoms. The van der Waals surface area contributed by atoms with Crippen molar-refractivity contribution in [2.24, 2.45) is 0 Å². The average molecular weight is 491 g/mol. The zero-order valence-electron chi connectivity index (χ0n) is 20.8. The number of aromatic nitrogens is 3. The molecule has 0 aliphatic carbocycles. The molecule has 2 N–H and O–H groups in total. The maximum atomic E-state index is 15.4. The van der Waals surface area contributed by atoms with Crippen LogP contribution in [0.15, 0.2) is 48.6 Å². The van der Waals surface area contributed by atoms with Crippen molar-refractivity contribution in [3.63, 3.8) is 0 Å². The fraction of sp³-hybridized carbons (Fsp3) is 0.357. The predicted molar refractivity (Wildman–Crippen MR) is 140 cm³/mol. The van der Waals surface area contributed by atoms with Gasteiger partial charge < -0.3 is 20.1 Å². The Labute approximate surface area is 210 Å². The lowest BCUT2D eigenvalue weighted by atomic mass is 9.98. The number of nitrogens with zero attached hydrogens (tertiary/aromatic N) is 4. The highest BCUT2D eigenvalue weighted by Gasteiger charge is 2.22. The zero-order valence-corrected chi connectivity index (χ0v) is 20.8. The third kappa shape index (κ3) is 5.16. The first kappa shape index (κ1) is 24.5. The number of halogens is 2. The fourth-order valence-corrected chi connectivity index (χ4v) is 4.78. The average Bonchev–Trinajstić information content (AvgIpc) is 3.31. The minimum atomic E-state index is -0.356. The van der Waals surface area contributed by atoms with Gasteiger partial charge in [0, 0.05) is 26.2 Å². The summed E-state index contributed by atoms with van der Waals surface area (Å²) in [5.41, 5.74) is 4.77. The van der Waals surface area contributed by atoms with Gasteiger partial charge in [0.05, 0.1) is 11.1 Å². The molecular formula is C28H32F2N6. The third-order valence-electron chi connectivity index (χ3n) is 6.81. The quantitative estimate of drug-likeness (QED) is 0.520. The molecule has 6 nitrogen and oxygen atoms in total. The molecule has 2 aromatic carbocycles. The molecule has 0 fully saturated rings. The summed E-state index contributed by atoms with van der Waals surface area (Å²) in [6.07, 6.45) is 5.93. The van der Waals surface area contributed by atoms with Crippen LogP contribution in [0.4, 0.5) is 8.78 Å². The molecule has 1 aromatic heterocycles. The molecule has 0 atom stereocenters. The molecule has 3 aromatic rings. The van der Waals surface area contributed by atoms with Crippen LogP contribution in [-0.2, 0) is 6.54 Å². The molecule has 188 valence electrons. The van der Waals surface area contributed by atoms with E-state index in [1.165, 1.54) is 0 Å². The summed E-state index contributed by atoms with van der Waals surface area (Å²) < 4.78 is 32.6. The van der Waals surface area contributed by atoms with E-state index in [0.29, 0.717) is 35.9 Å². The van der Waals surface area contributed by atoms with Gasteiger partial charge in [0.15, 0.2) is 11.6 Å². The molecule has 2 aliphatic heterocycles. The molecule has 0 amide bonds. The number of likely N-dealkylation sites (N-methyl/N-ethyl adjacent to an activating group) is 1. The lowest BCUT2D eigenvalue weighted by Crippen LogP contribution is -2.20. The first-order valence-electron chi connectivity index (χ1n) is 12.5. The Kier molecular flexibility index (Phi) is 7.36. The normalized spacial score (nSPS) is 16.2. The van der Waals surface area contributed by atoms with Crippen molar-refractivity contribution < 1.29 is 8.78 Å². The number of benzene rings is 2. The van der Waals surface area contributed by atoms with Gasteiger partial charge in [0.1, 0.15) is 11.6 Å². The molecule has 0 bridgehead atoms. The number of hydrogen-bond acceptors (Lipinski definition) is 5. The van der Waals surface area contributed by atoms with Crippen LogP contribution in [0.2, 0.25) is 0 Å². The first-order chi connectivity index (χ1) is 17.5. The van der Waals surface area contributed by atoms with E-state index in [2.05, 4.69) is 33.0 Å². The van der Waals surface area contributed by atoms with Crippen molar-refractivity contribution in [1.82, 2.24) is 30.3 Å². The van der Waals surface area contributed by atoms with E-state index < -0.39 is 0 Å². The Morgan fingerprint density at radius 3 is 1.69 bits per heavy atom. The predicted octanol–water partition coefficient (Wildman–Crippen LogP) is 4.21. The SMILES string of the molecule is CN(C)CCn1c(-c2ccc(C3=CCNCC3)cc2F)nnc1-c1ccc(C2=CCNCC2)cc1F. The molecule has 0 saturated carbocycles. The first-order valence-corrected chi connectivity index (χ1v) is 12.5. The summed E-state index contributed by atoms with van der Waals surface area (Å²) in [4.78, 5) is 2.03. The minimum absolute atomic E-state index is 0.356. The smallest absolute Gasteiger partial charge is 0.167 e. The van der Waals surface area contributed by atoms with E-state index in [9.17, 15) is 0 Å². The number of rotatable bonds is 7. The Bertz CT molecular complexity index is 1210. The molecule has 0 radical (unpaired) electrons. The van der Waals surface area contributed by atoms with Gasteiger partial charge in [-0.1, -0.05) is 24.3 Å². The highest BCUT2D eigenvalue weighted by molar-refractivity contribution is 5.72. The van der Waals surface area contributed by atoms with Crippen molar-refractivity contribution in [2.45, 2.75) is 19.4 Å². The second-order valence-corrected chi connectivity index (χ2v) is 9.56. The lowest BCUT2D eigenvalue weighted by Gasteiger charge is -2.17. The molecule has 0 unspecified atom stereocenters. The van der Waals surface area contributed by atoms with Gasteiger partial charge in [-0.25, -0.2) is 8.78 Å². The highest BCUT2D eigenvalue weighted by Crippen LogP contribution is 2.32. The van der Waals surface area contributed by atoms with Crippen LogP contribution in [0.25, 0.3) is 33.9 Å². The highest BCUT2D eigenvalue weighted by atomic mass is 19.1. The van der Waals surface area contributed by atoms with Crippen molar-refractivity contribution >= 4 is 11.1 Å². The molecule has 0 saturated heterocycles. The summed E-state index contributed by atoms with van der Waals surface area (Å²) >= 11 is 0. The lowest BCUT2D eigenvalue weighted by molar-refractivity contribution is 0.385. The van der Waals surface area contributed by atoms with Crippen molar-refractivity contribution in [2.75, 3.05) is 46.8 Å². The van der Waals surface area contributed by atoms with Crippen molar-refractivity contribution in [3.8, 4) is 22.8 Å². The topological polar surface area (TPSA) is 58.0 Å². The largest absolute Gasteiger partial charge is 0.313 e. The summed E-state index contributed by atoms with van der Waals surface area (Å²) in [7, 11) is 3.93. The van der Waals surface area contributed by atoms with Crippen LogP contribution in [0.1, 0.15) is 24.0 Å². The minimum Gasteiger partial charge on any atom is -0.313 e. The summed E-state index contributed by atoms with van der Waals surface area (Å²) in [6, 6.07) is 10.5. The Hall–Kier alpha value is -3.20. The van der Waals surface area contributed by atoms with Crippen molar-refractivity contribution in [3.05, 3.63) is 71.3 Å². The molecule has 3 heterocycles. The number of hydrogen-bond donors (Lipinski definition) is 2. The maximum absolute atomic E-state index is 15.4. The van der Waals surface area contributed by atoms with Gasteiger partial charge in [0.2, 0.25) is 0 Å². The van der Waals surface area contributed by atoms with E-state index in [4.69, 9.17) is 0 Å². The summed E-state index contributed by atoms with van der Waals surface area (Å²) in [6.45, 7) is 4.53. The molecular weight excluding hydrogens is 458 g/mol. The van der Waals surface area contributed by atoms with Crippen LogP contribution in [-0.4, -0.2) is 66.5 Å².